The zero-order chi connectivity index (χ0) is 15.5. The number of likely N-dealkylation sites (tertiary alicyclic amines) is 1. The van der Waals surface area contributed by atoms with Gasteiger partial charge in [-0.1, -0.05) is 19.4 Å². The normalized spacial score (nSPS) is 22.0. The second-order valence-electron chi connectivity index (χ2n) is 6.03. The minimum Gasteiger partial charge on any atom is -0.327 e. The molecule has 1 aliphatic heterocycles. The van der Waals surface area contributed by atoms with Crippen molar-refractivity contribution in [1.82, 2.24) is 14.7 Å². The van der Waals surface area contributed by atoms with Crippen LogP contribution < -0.4 is 5.32 Å². The summed E-state index contributed by atoms with van der Waals surface area (Å²) < 4.78 is 1.95. The smallest absolute Gasteiger partial charge is 0.247 e. The molecule has 2 fully saturated rings. The Morgan fingerprint density at radius 1 is 1.27 bits per heavy atom. The van der Waals surface area contributed by atoms with Crippen LogP contribution in [0.4, 0.5) is 5.69 Å². The van der Waals surface area contributed by atoms with E-state index in [0.717, 1.165) is 19.3 Å². The number of hydrogen-bond donors (Lipinski definition) is 1. The van der Waals surface area contributed by atoms with Crippen LogP contribution in [0.1, 0.15) is 44.6 Å². The Kier molecular flexibility index (Phi) is 4.27. The highest BCUT2D eigenvalue weighted by Crippen LogP contribution is 2.29. The van der Waals surface area contributed by atoms with Crippen LogP contribution >= 0.6 is 0 Å². The number of carbonyl (C=O) groups excluding carboxylic acids is 2. The highest BCUT2D eigenvalue weighted by molar-refractivity contribution is 5.99. The molecule has 0 aromatic carbocycles. The predicted molar refractivity (Wildman–Crippen MR) is 83.3 cm³/mol. The van der Waals surface area contributed by atoms with E-state index < -0.39 is 6.04 Å². The van der Waals surface area contributed by atoms with Crippen LogP contribution in [0.5, 0.6) is 0 Å². The molecular weight excluding hydrogens is 280 g/mol. The molecule has 0 spiro atoms. The first kappa shape index (κ1) is 14.8. The van der Waals surface area contributed by atoms with Crippen LogP contribution in [0.15, 0.2) is 25.0 Å². The monoisotopic (exact) mass is 302 g/mol. The van der Waals surface area contributed by atoms with Crippen molar-refractivity contribution < 1.29 is 9.59 Å². The van der Waals surface area contributed by atoms with Crippen molar-refractivity contribution in [1.29, 1.82) is 0 Å². The van der Waals surface area contributed by atoms with Gasteiger partial charge in [0.1, 0.15) is 6.04 Å². The molecule has 1 aliphatic carbocycles. The van der Waals surface area contributed by atoms with E-state index in [2.05, 4.69) is 17.0 Å². The first-order valence-corrected chi connectivity index (χ1v) is 7.97. The molecule has 3 rings (SSSR count). The number of carbonyl (C=O) groups is 2. The number of anilines is 1. The summed E-state index contributed by atoms with van der Waals surface area (Å²) in [4.78, 5) is 25.8. The summed E-state index contributed by atoms with van der Waals surface area (Å²) in [7, 11) is 0. The van der Waals surface area contributed by atoms with Gasteiger partial charge < -0.3 is 10.2 Å². The molecule has 1 saturated heterocycles. The minimum absolute atomic E-state index is 0.140. The van der Waals surface area contributed by atoms with E-state index in [-0.39, 0.29) is 11.8 Å². The van der Waals surface area contributed by atoms with Crippen molar-refractivity contribution >= 4 is 17.5 Å². The molecule has 2 heterocycles. The second kappa shape index (κ2) is 6.34. The van der Waals surface area contributed by atoms with Crippen LogP contribution in [0, 0.1) is 0 Å². The number of amides is 2. The lowest BCUT2D eigenvalue weighted by atomic mass is 10.2. The standard InChI is InChI=1S/C16H22N4O2/c1-2-15(21)19-9-5-8-14(19)16(22)18-12-10-17-20(11-12)13-6-3-4-7-13/h2,10-11,13-14H,1,3-9H2,(H,18,22). The van der Waals surface area contributed by atoms with Crippen molar-refractivity contribution in [3.8, 4) is 0 Å². The molecular formula is C16H22N4O2. The molecule has 1 atom stereocenters. The highest BCUT2D eigenvalue weighted by Gasteiger charge is 2.33. The van der Waals surface area contributed by atoms with Crippen molar-refractivity contribution in [3.63, 3.8) is 0 Å². The molecule has 1 N–H and O–H groups in total. The molecule has 1 aromatic rings. The first-order chi connectivity index (χ1) is 10.7. The molecule has 1 unspecified atom stereocenters. The van der Waals surface area contributed by atoms with Gasteiger partial charge in [-0.05, 0) is 31.8 Å². The molecule has 1 aromatic heterocycles. The van der Waals surface area contributed by atoms with E-state index in [0.29, 0.717) is 24.7 Å². The maximum absolute atomic E-state index is 12.4. The average Bonchev–Trinajstić information content (AvgIpc) is 3.25. The Bertz CT molecular complexity index is 574. The predicted octanol–water partition coefficient (Wildman–Crippen LogP) is 2.11. The second-order valence-corrected chi connectivity index (χ2v) is 6.03. The van der Waals surface area contributed by atoms with Crippen molar-refractivity contribution in [2.45, 2.75) is 50.6 Å². The third-order valence-corrected chi connectivity index (χ3v) is 4.58. The maximum Gasteiger partial charge on any atom is 0.247 e. The van der Waals surface area contributed by atoms with E-state index in [1.807, 2.05) is 10.9 Å². The maximum atomic E-state index is 12.4. The Balaban J connectivity index is 1.63. The van der Waals surface area contributed by atoms with Crippen LogP contribution in [0.3, 0.4) is 0 Å². The largest absolute Gasteiger partial charge is 0.327 e. The third kappa shape index (κ3) is 2.91. The average molecular weight is 302 g/mol. The van der Waals surface area contributed by atoms with Gasteiger partial charge in [-0.25, -0.2) is 0 Å². The Morgan fingerprint density at radius 3 is 2.77 bits per heavy atom. The van der Waals surface area contributed by atoms with Crippen molar-refractivity contribution in [3.05, 3.63) is 25.0 Å². The van der Waals surface area contributed by atoms with Crippen molar-refractivity contribution in [2.75, 3.05) is 11.9 Å². The fraction of sp³-hybridized carbons (Fsp3) is 0.562. The van der Waals surface area contributed by atoms with E-state index in [1.165, 1.54) is 18.9 Å². The first-order valence-electron chi connectivity index (χ1n) is 7.97. The fourth-order valence-corrected chi connectivity index (χ4v) is 3.42. The Labute approximate surface area is 130 Å². The van der Waals surface area contributed by atoms with Crippen LogP contribution in [-0.4, -0.2) is 39.1 Å². The van der Waals surface area contributed by atoms with E-state index >= 15 is 0 Å². The number of nitrogens with one attached hydrogen (secondary N) is 1. The highest BCUT2D eigenvalue weighted by atomic mass is 16.2. The van der Waals surface area contributed by atoms with Gasteiger partial charge in [-0.2, -0.15) is 5.10 Å². The summed E-state index contributed by atoms with van der Waals surface area (Å²) in [5.41, 5.74) is 0.704. The van der Waals surface area contributed by atoms with E-state index in [1.54, 1.807) is 11.1 Å². The quantitative estimate of drug-likeness (QED) is 0.866. The van der Waals surface area contributed by atoms with Crippen LogP contribution in [0.2, 0.25) is 0 Å². The summed E-state index contributed by atoms with van der Waals surface area (Å²) in [5, 5.41) is 7.24. The van der Waals surface area contributed by atoms with Crippen LogP contribution in [0.25, 0.3) is 0 Å². The summed E-state index contributed by atoms with van der Waals surface area (Å²) in [5.74, 6) is -0.321. The van der Waals surface area contributed by atoms with Gasteiger partial charge in [-0.15, -0.1) is 0 Å². The zero-order valence-corrected chi connectivity index (χ0v) is 12.7. The summed E-state index contributed by atoms with van der Waals surface area (Å²) in [6.07, 6.45) is 11.2. The number of aromatic nitrogens is 2. The molecule has 6 heteroatoms. The minimum atomic E-state index is -0.402. The topological polar surface area (TPSA) is 67.2 Å². The van der Waals surface area contributed by atoms with Gasteiger partial charge in [0, 0.05) is 12.7 Å². The molecule has 22 heavy (non-hydrogen) atoms. The van der Waals surface area contributed by atoms with Gasteiger partial charge in [0.05, 0.1) is 17.9 Å². The number of rotatable bonds is 4. The van der Waals surface area contributed by atoms with Gasteiger partial charge in [0.25, 0.3) is 0 Å². The van der Waals surface area contributed by atoms with Crippen molar-refractivity contribution in [2.24, 2.45) is 0 Å². The van der Waals surface area contributed by atoms with Crippen LogP contribution in [-0.2, 0) is 9.59 Å². The molecule has 6 nitrogen and oxygen atoms in total. The van der Waals surface area contributed by atoms with Gasteiger partial charge in [0.2, 0.25) is 11.8 Å². The third-order valence-electron chi connectivity index (χ3n) is 4.58. The van der Waals surface area contributed by atoms with Gasteiger partial charge >= 0.3 is 0 Å². The Hall–Kier alpha value is -2.11. The van der Waals surface area contributed by atoms with Gasteiger partial charge in [-0.3, -0.25) is 14.3 Å². The number of hydrogen-bond acceptors (Lipinski definition) is 3. The molecule has 118 valence electrons. The Morgan fingerprint density at radius 2 is 2.05 bits per heavy atom. The SMILES string of the molecule is C=CC(=O)N1CCCC1C(=O)Nc1cnn(C2CCCC2)c1. The lowest BCUT2D eigenvalue weighted by molar-refractivity contribution is -0.132. The lowest BCUT2D eigenvalue weighted by Crippen LogP contribution is -2.42. The zero-order valence-electron chi connectivity index (χ0n) is 12.7. The summed E-state index contributed by atoms with van der Waals surface area (Å²) in [6.45, 7) is 4.11. The molecule has 2 amide bonds. The molecule has 0 bridgehead atoms. The van der Waals surface area contributed by atoms with Gasteiger partial charge in [0.15, 0.2) is 0 Å². The summed E-state index contributed by atoms with van der Waals surface area (Å²) >= 11 is 0. The lowest BCUT2D eigenvalue weighted by Gasteiger charge is -2.22. The van der Waals surface area contributed by atoms with E-state index in [4.69, 9.17) is 0 Å². The molecule has 2 aliphatic rings. The molecule has 1 saturated carbocycles. The fourth-order valence-electron chi connectivity index (χ4n) is 3.42. The van der Waals surface area contributed by atoms with E-state index in [9.17, 15) is 9.59 Å². The number of nitrogens with zero attached hydrogens (tertiary/aromatic N) is 3. The molecule has 0 radical (unpaired) electrons. The summed E-state index contributed by atoms with van der Waals surface area (Å²) in [6, 6.07) is 0.0521.